The summed E-state index contributed by atoms with van der Waals surface area (Å²) >= 11 is 0. The summed E-state index contributed by atoms with van der Waals surface area (Å²) in [6.45, 7) is 1.46. The van der Waals surface area contributed by atoms with Gasteiger partial charge >= 0.3 is 11.9 Å². The molecule has 0 bridgehead atoms. The molecule has 0 aliphatic carbocycles. The highest BCUT2D eigenvalue weighted by Crippen LogP contribution is 2.44. The van der Waals surface area contributed by atoms with Gasteiger partial charge in [0.05, 0.1) is 31.7 Å². The van der Waals surface area contributed by atoms with E-state index in [1.807, 2.05) is 0 Å². The van der Waals surface area contributed by atoms with Crippen molar-refractivity contribution in [1.29, 1.82) is 0 Å². The molecule has 2 heterocycles. The number of benzene rings is 1. The summed E-state index contributed by atoms with van der Waals surface area (Å²) in [5.41, 5.74) is -1.11. The molecule has 0 aromatic heterocycles. The number of nitrogens with one attached hydrogen (secondary N) is 1. The topological polar surface area (TPSA) is 102 Å². The van der Waals surface area contributed by atoms with E-state index in [0.29, 0.717) is 5.69 Å². The summed E-state index contributed by atoms with van der Waals surface area (Å²) in [5.74, 6) is -4.62. The lowest BCUT2D eigenvalue weighted by atomic mass is 9.81. The maximum atomic E-state index is 13.0. The van der Waals surface area contributed by atoms with Gasteiger partial charge in [0, 0.05) is 0 Å². The maximum absolute atomic E-state index is 13.0. The summed E-state index contributed by atoms with van der Waals surface area (Å²) < 4.78 is 9.53. The summed E-state index contributed by atoms with van der Waals surface area (Å²) in [6, 6.07) is 7.27. The molecule has 2 amide bonds. The third-order valence-corrected chi connectivity index (χ3v) is 4.87. The van der Waals surface area contributed by atoms with Crippen LogP contribution in [0.5, 0.6) is 0 Å². The third-order valence-electron chi connectivity index (χ3n) is 4.87. The number of ether oxygens (including phenoxy) is 2. The van der Waals surface area contributed by atoms with Gasteiger partial charge in [-0.25, -0.2) is 4.90 Å². The number of hydrogen-bond acceptors (Lipinski definition) is 7. The zero-order valence-electron chi connectivity index (χ0n) is 14.0. The number of amides is 2. The third kappa shape index (κ3) is 2.32. The highest BCUT2D eigenvalue weighted by atomic mass is 16.5. The van der Waals surface area contributed by atoms with Gasteiger partial charge in [0.1, 0.15) is 11.6 Å². The first-order valence-corrected chi connectivity index (χ1v) is 7.73. The molecule has 1 N–H and O–H groups in total. The first-order valence-electron chi connectivity index (χ1n) is 7.73. The van der Waals surface area contributed by atoms with Crippen molar-refractivity contribution in [3.05, 3.63) is 30.3 Å². The van der Waals surface area contributed by atoms with Crippen LogP contribution in [0.2, 0.25) is 0 Å². The normalized spacial score (nSPS) is 31.0. The van der Waals surface area contributed by atoms with Gasteiger partial charge in [-0.05, 0) is 19.1 Å². The van der Waals surface area contributed by atoms with Gasteiger partial charge in [-0.15, -0.1) is 0 Å². The smallest absolute Gasteiger partial charge is 0.326 e. The molecule has 0 saturated carbocycles. The first-order chi connectivity index (χ1) is 11.9. The molecule has 3 rings (SSSR count). The first kappa shape index (κ1) is 17.1. The average molecular weight is 346 g/mol. The molecule has 1 aromatic carbocycles. The molecule has 8 nitrogen and oxygen atoms in total. The van der Waals surface area contributed by atoms with E-state index in [1.54, 1.807) is 30.3 Å². The van der Waals surface area contributed by atoms with Gasteiger partial charge in [0.15, 0.2) is 0 Å². The second-order valence-corrected chi connectivity index (χ2v) is 6.19. The Balaban J connectivity index is 2.09. The number of rotatable bonds is 3. The van der Waals surface area contributed by atoms with Crippen molar-refractivity contribution < 1.29 is 28.7 Å². The molecule has 2 fully saturated rings. The van der Waals surface area contributed by atoms with Gasteiger partial charge in [0.2, 0.25) is 11.8 Å². The Morgan fingerprint density at radius 1 is 1.08 bits per heavy atom. The van der Waals surface area contributed by atoms with Gasteiger partial charge < -0.3 is 9.47 Å². The number of para-hydroxylation sites is 1. The van der Waals surface area contributed by atoms with Crippen LogP contribution in [0.1, 0.15) is 6.92 Å². The van der Waals surface area contributed by atoms with E-state index < -0.39 is 47.2 Å². The summed E-state index contributed by atoms with van der Waals surface area (Å²) in [5, 5.41) is 2.79. The number of fused-ring (bicyclic) bond motifs is 1. The average Bonchev–Trinajstić information content (AvgIpc) is 3.09. The lowest BCUT2D eigenvalue weighted by molar-refractivity contribution is -0.151. The molecule has 8 heteroatoms. The van der Waals surface area contributed by atoms with Crippen LogP contribution in [-0.2, 0) is 28.7 Å². The van der Waals surface area contributed by atoms with Crippen molar-refractivity contribution in [3.8, 4) is 0 Å². The Kier molecular flexibility index (Phi) is 4.08. The highest BCUT2D eigenvalue weighted by Gasteiger charge is 2.68. The largest absolute Gasteiger partial charge is 0.468 e. The Morgan fingerprint density at radius 3 is 2.28 bits per heavy atom. The lowest BCUT2D eigenvalue weighted by Gasteiger charge is -2.28. The van der Waals surface area contributed by atoms with E-state index in [2.05, 4.69) is 5.32 Å². The van der Waals surface area contributed by atoms with Crippen molar-refractivity contribution in [1.82, 2.24) is 5.32 Å². The number of hydrogen-bond donors (Lipinski definition) is 1. The zero-order chi connectivity index (χ0) is 18.4. The van der Waals surface area contributed by atoms with Gasteiger partial charge in [-0.2, -0.15) is 0 Å². The molecule has 132 valence electrons. The van der Waals surface area contributed by atoms with E-state index in [4.69, 9.17) is 9.47 Å². The maximum Gasteiger partial charge on any atom is 0.326 e. The fourth-order valence-corrected chi connectivity index (χ4v) is 3.70. The second-order valence-electron chi connectivity index (χ2n) is 6.19. The molecular weight excluding hydrogens is 328 g/mol. The molecule has 4 atom stereocenters. The number of imide groups is 1. The number of nitrogens with zero attached hydrogens (tertiary/aromatic N) is 1. The van der Waals surface area contributed by atoms with Gasteiger partial charge in [0.25, 0.3) is 0 Å². The van der Waals surface area contributed by atoms with Crippen molar-refractivity contribution in [3.63, 3.8) is 0 Å². The monoisotopic (exact) mass is 346 g/mol. The predicted molar refractivity (Wildman–Crippen MR) is 85.3 cm³/mol. The second kappa shape index (κ2) is 5.96. The van der Waals surface area contributed by atoms with E-state index in [0.717, 1.165) is 4.90 Å². The Hall–Kier alpha value is -2.74. The minimum Gasteiger partial charge on any atom is -0.468 e. The number of esters is 2. The van der Waals surface area contributed by atoms with Crippen molar-refractivity contribution in [2.45, 2.75) is 18.5 Å². The predicted octanol–water partition coefficient (Wildman–Crippen LogP) is -0.131. The Bertz CT molecular complexity index is 749. The van der Waals surface area contributed by atoms with Crippen LogP contribution >= 0.6 is 0 Å². The standard InChI is InChI=1S/C17H18N2O6/c1-17(16(23)25-3)11-10(12(18-17)15(22)24-2)13(20)19(14(11)21)9-7-5-4-6-8-9/h4-8,10-12,18H,1-3H3/t10-,11-,12+,17-/m1/s1. The molecule has 2 aliphatic rings. The minimum absolute atomic E-state index is 0.391. The van der Waals surface area contributed by atoms with Crippen molar-refractivity contribution in [2.24, 2.45) is 11.8 Å². The van der Waals surface area contributed by atoms with E-state index in [-0.39, 0.29) is 0 Å². The van der Waals surface area contributed by atoms with E-state index >= 15 is 0 Å². The quantitative estimate of drug-likeness (QED) is 0.601. The minimum atomic E-state index is -1.51. The van der Waals surface area contributed by atoms with Crippen LogP contribution < -0.4 is 10.2 Å². The number of carbonyl (C=O) groups is 4. The number of methoxy groups -OCH3 is 2. The molecule has 0 unspecified atom stereocenters. The molecule has 2 saturated heterocycles. The van der Waals surface area contributed by atoms with Crippen molar-refractivity contribution >= 4 is 29.4 Å². The molecular formula is C17H18N2O6. The summed E-state index contributed by atoms with van der Waals surface area (Å²) in [4.78, 5) is 51.4. The van der Waals surface area contributed by atoms with Gasteiger partial charge in [-0.1, -0.05) is 18.2 Å². The molecule has 1 aromatic rings. The lowest BCUT2D eigenvalue weighted by Crippen LogP contribution is -2.56. The van der Waals surface area contributed by atoms with E-state index in [9.17, 15) is 19.2 Å². The number of anilines is 1. The Labute approximate surface area is 144 Å². The molecule has 0 radical (unpaired) electrons. The van der Waals surface area contributed by atoms with Crippen LogP contribution in [-0.4, -0.2) is 49.6 Å². The van der Waals surface area contributed by atoms with Crippen LogP contribution in [0.25, 0.3) is 0 Å². The Morgan fingerprint density at radius 2 is 1.72 bits per heavy atom. The number of carbonyl (C=O) groups excluding carboxylic acids is 4. The molecule has 2 aliphatic heterocycles. The van der Waals surface area contributed by atoms with Crippen molar-refractivity contribution in [2.75, 3.05) is 19.1 Å². The summed E-state index contributed by atoms with van der Waals surface area (Å²) in [6.07, 6.45) is 0. The van der Waals surface area contributed by atoms with Crippen LogP contribution in [0.15, 0.2) is 30.3 Å². The van der Waals surface area contributed by atoms with Crippen LogP contribution in [0.4, 0.5) is 5.69 Å². The van der Waals surface area contributed by atoms with Crippen LogP contribution in [0, 0.1) is 11.8 Å². The zero-order valence-corrected chi connectivity index (χ0v) is 14.0. The SMILES string of the molecule is COC(=O)[C@H]1N[C@@](C)(C(=O)OC)[C@H]2C(=O)N(c3ccccc3)C(=O)[C@@H]12. The van der Waals surface area contributed by atoms with E-state index in [1.165, 1.54) is 21.1 Å². The fraction of sp³-hybridized carbons (Fsp3) is 0.412. The summed E-state index contributed by atoms with van der Waals surface area (Å²) in [7, 11) is 2.37. The molecule has 0 spiro atoms. The van der Waals surface area contributed by atoms with Gasteiger partial charge in [-0.3, -0.25) is 24.5 Å². The molecule has 25 heavy (non-hydrogen) atoms. The van der Waals surface area contributed by atoms with Crippen LogP contribution in [0.3, 0.4) is 0 Å². The highest BCUT2D eigenvalue weighted by molar-refractivity contribution is 6.25. The fourth-order valence-electron chi connectivity index (χ4n) is 3.70.